The number of hydrogen-bond acceptors (Lipinski definition) is 2. The third-order valence-corrected chi connectivity index (χ3v) is 5.31. The lowest BCUT2D eigenvalue weighted by Crippen LogP contribution is -2.44. The molecule has 3 rings (SSSR count). The summed E-state index contributed by atoms with van der Waals surface area (Å²) in [6.07, 6.45) is 6.09. The molecular formula is C22H29NO. The predicted octanol–water partition coefficient (Wildman–Crippen LogP) is 4.25. The van der Waals surface area contributed by atoms with Gasteiger partial charge >= 0.3 is 0 Å². The molecule has 1 aliphatic rings. The average molecular weight is 323 g/mol. The normalized spacial score (nSPS) is 20.0. The van der Waals surface area contributed by atoms with Crippen molar-refractivity contribution in [2.24, 2.45) is 0 Å². The molecule has 0 aliphatic carbocycles. The van der Waals surface area contributed by atoms with Crippen LogP contribution in [-0.4, -0.2) is 35.7 Å². The summed E-state index contributed by atoms with van der Waals surface area (Å²) in [5.74, 6) is 0.239. The van der Waals surface area contributed by atoms with Gasteiger partial charge < -0.3 is 5.11 Å². The largest absolute Gasteiger partial charge is 0.396 e. The highest BCUT2D eigenvalue weighted by molar-refractivity contribution is 5.22. The SMILES string of the molecule is OC[C@H](c1ccccc1)[C@H]1CCCCN1CCCc1ccccc1. The van der Waals surface area contributed by atoms with Gasteiger partial charge in [-0.1, -0.05) is 67.1 Å². The van der Waals surface area contributed by atoms with E-state index in [4.69, 9.17) is 0 Å². The molecule has 24 heavy (non-hydrogen) atoms. The maximum atomic E-state index is 10.0. The van der Waals surface area contributed by atoms with E-state index in [0.717, 1.165) is 13.0 Å². The molecule has 2 aromatic rings. The molecule has 0 aromatic heterocycles. The van der Waals surface area contributed by atoms with E-state index < -0.39 is 0 Å². The van der Waals surface area contributed by atoms with Gasteiger partial charge in [0.2, 0.25) is 0 Å². The van der Waals surface area contributed by atoms with E-state index >= 15 is 0 Å². The van der Waals surface area contributed by atoms with Gasteiger partial charge in [-0.15, -0.1) is 0 Å². The first-order chi connectivity index (χ1) is 11.9. The van der Waals surface area contributed by atoms with Gasteiger partial charge in [-0.2, -0.15) is 0 Å². The van der Waals surface area contributed by atoms with Crippen molar-refractivity contribution in [3.63, 3.8) is 0 Å². The van der Waals surface area contributed by atoms with E-state index in [9.17, 15) is 5.11 Å². The Balaban J connectivity index is 1.62. The van der Waals surface area contributed by atoms with Crippen LogP contribution in [0.1, 0.15) is 42.7 Å². The molecule has 1 saturated heterocycles. The highest BCUT2D eigenvalue weighted by atomic mass is 16.3. The summed E-state index contributed by atoms with van der Waals surface area (Å²) >= 11 is 0. The number of hydrogen-bond donors (Lipinski definition) is 1. The lowest BCUT2D eigenvalue weighted by atomic mass is 9.85. The fourth-order valence-electron chi connectivity index (χ4n) is 4.03. The van der Waals surface area contributed by atoms with Crippen molar-refractivity contribution in [2.75, 3.05) is 19.7 Å². The maximum absolute atomic E-state index is 10.0. The maximum Gasteiger partial charge on any atom is 0.0514 e. The first-order valence-electron chi connectivity index (χ1n) is 9.32. The standard InChI is InChI=1S/C22H29NO/c24-18-21(20-13-5-2-6-14-20)22-15-7-8-16-23(22)17-9-12-19-10-3-1-4-11-19/h1-6,10-11,13-14,21-22,24H,7-9,12,15-18H2/t21-,22-/m1/s1. The van der Waals surface area contributed by atoms with Gasteiger partial charge in [-0.05, 0) is 49.9 Å². The van der Waals surface area contributed by atoms with Gasteiger partial charge in [-0.25, -0.2) is 0 Å². The summed E-state index contributed by atoms with van der Waals surface area (Å²) in [6.45, 7) is 2.54. The van der Waals surface area contributed by atoms with Crippen LogP contribution >= 0.6 is 0 Å². The number of likely N-dealkylation sites (tertiary alicyclic amines) is 1. The number of nitrogens with zero attached hydrogens (tertiary/aromatic N) is 1. The van der Waals surface area contributed by atoms with Gasteiger partial charge in [-0.3, -0.25) is 4.90 Å². The second-order valence-corrected chi connectivity index (χ2v) is 6.89. The molecule has 1 fully saturated rings. The van der Waals surface area contributed by atoms with Crippen LogP contribution in [0.5, 0.6) is 0 Å². The first-order valence-corrected chi connectivity index (χ1v) is 9.32. The molecule has 0 amide bonds. The Morgan fingerprint density at radius 3 is 2.38 bits per heavy atom. The van der Waals surface area contributed by atoms with Crippen LogP contribution in [0.25, 0.3) is 0 Å². The fourth-order valence-corrected chi connectivity index (χ4v) is 4.03. The van der Waals surface area contributed by atoms with Crippen LogP contribution in [0.15, 0.2) is 60.7 Å². The smallest absolute Gasteiger partial charge is 0.0514 e. The quantitative estimate of drug-likeness (QED) is 0.823. The zero-order chi connectivity index (χ0) is 16.6. The molecule has 2 atom stereocenters. The number of piperidine rings is 1. The highest BCUT2D eigenvalue weighted by Crippen LogP contribution is 2.30. The minimum Gasteiger partial charge on any atom is -0.396 e. The Morgan fingerprint density at radius 2 is 1.67 bits per heavy atom. The fraction of sp³-hybridized carbons (Fsp3) is 0.455. The van der Waals surface area contributed by atoms with E-state index in [1.165, 1.54) is 43.4 Å². The van der Waals surface area contributed by atoms with Crippen molar-refractivity contribution in [3.05, 3.63) is 71.8 Å². The summed E-state index contributed by atoms with van der Waals surface area (Å²) < 4.78 is 0. The second-order valence-electron chi connectivity index (χ2n) is 6.89. The Bertz CT molecular complexity index is 583. The summed E-state index contributed by atoms with van der Waals surface area (Å²) in [5.41, 5.74) is 2.70. The van der Waals surface area contributed by atoms with E-state index in [1.54, 1.807) is 0 Å². The van der Waals surface area contributed by atoms with Crippen molar-refractivity contribution in [1.29, 1.82) is 0 Å². The van der Waals surface area contributed by atoms with E-state index in [0.29, 0.717) is 6.04 Å². The topological polar surface area (TPSA) is 23.5 Å². The van der Waals surface area contributed by atoms with Crippen molar-refractivity contribution in [2.45, 2.75) is 44.1 Å². The molecule has 0 unspecified atom stereocenters. The number of rotatable bonds is 7. The van der Waals surface area contributed by atoms with Crippen molar-refractivity contribution >= 4 is 0 Å². The molecule has 128 valence electrons. The summed E-state index contributed by atoms with van der Waals surface area (Å²) in [5, 5.41) is 10.0. The molecule has 2 heteroatoms. The van der Waals surface area contributed by atoms with Crippen molar-refractivity contribution < 1.29 is 5.11 Å². The molecule has 0 bridgehead atoms. The Hall–Kier alpha value is -1.64. The van der Waals surface area contributed by atoms with Crippen molar-refractivity contribution in [3.8, 4) is 0 Å². The number of aliphatic hydroxyl groups is 1. The first kappa shape index (κ1) is 17.2. The van der Waals surface area contributed by atoms with E-state index in [-0.39, 0.29) is 12.5 Å². The van der Waals surface area contributed by atoms with Gasteiger partial charge in [0.1, 0.15) is 0 Å². The minimum atomic E-state index is 0.239. The molecule has 1 aliphatic heterocycles. The van der Waals surface area contributed by atoms with Gasteiger partial charge in [0.25, 0.3) is 0 Å². The highest BCUT2D eigenvalue weighted by Gasteiger charge is 2.30. The molecule has 0 radical (unpaired) electrons. The molecule has 0 spiro atoms. The molecule has 2 nitrogen and oxygen atoms in total. The Morgan fingerprint density at radius 1 is 0.958 bits per heavy atom. The van der Waals surface area contributed by atoms with Crippen LogP contribution in [-0.2, 0) is 6.42 Å². The van der Waals surface area contributed by atoms with Crippen LogP contribution in [0, 0.1) is 0 Å². The van der Waals surface area contributed by atoms with Crippen LogP contribution < -0.4 is 0 Å². The molecule has 1 heterocycles. The van der Waals surface area contributed by atoms with E-state index in [1.807, 2.05) is 0 Å². The third-order valence-electron chi connectivity index (χ3n) is 5.31. The number of aryl methyl sites for hydroxylation is 1. The Kier molecular flexibility index (Phi) is 6.45. The zero-order valence-electron chi connectivity index (χ0n) is 14.5. The lowest BCUT2D eigenvalue weighted by molar-refractivity contribution is 0.0977. The van der Waals surface area contributed by atoms with Crippen LogP contribution in [0.4, 0.5) is 0 Å². The average Bonchev–Trinajstić information content (AvgIpc) is 2.65. The van der Waals surface area contributed by atoms with E-state index in [2.05, 4.69) is 65.6 Å². The monoisotopic (exact) mass is 323 g/mol. The summed E-state index contributed by atoms with van der Waals surface area (Å²) in [7, 11) is 0. The molecule has 0 saturated carbocycles. The van der Waals surface area contributed by atoms with Gasteiger partial charge in [0, 0.05) is 12.0 Å². The molecule has 1 N–H and O–H groups in total. The number of benzene rings is 2. The van der Waals surface area contributed by atoms with Gasteiger partial charge in [0.05, 0.1) is 6.61 Å². The van der Waals surface area contributed by atoms with Crippen LogP contribution in [0.3, 0.4) is 0 Å². The molecule has 2 aromatic carbocycles. The predicted molar refractivity (Wildman–Crippen MR) is 100 cm³/mol. The third kappa shape index (κ3) is 4.46. The second kappa shape index (κ2) is 9.00. The minimum absolute atomic E-state index is 0.239. The molecular weight excluding hydrogens is 294 g/mol. The summed E-state index contributed by atoms with van der Waals surface area (Å²) in [6, 6.07) is 21.8. The lowest BCUT2D eigenvalue weighted by Gasteiger charge is -2.40. The van der Waals surface area contributed by atoms with Crippen LogP contribution in [0.2, 0.25) is 0 Å². The van der Waals surface area contributed by atoms with Crippen molar-refractivity contribution in [1.82, 2.24) is 4.90 Å². The summed E-state index contributed by atoms with van der Waals surface area (Å²) in [4.78, 5) is 2.63. The van der Waals surface area contributed by atoms with Gasteiger partial charge in [0.15, 0.2) is 0 Å². The zero-order valence-corrected chi connectivity index (χ0v) is 14.5. The Labute approximate surface area is 146 Å². The number of aliphatic hydroxyl groups excluding tert-OH is 1.